The molecule has 0 amide bonds. The van der Waals surface area contributed by atoms with Crippen molar-refractivity contribution in [3.63, 3.8) is 0 Å². The van der Waals surface area contributed by atoms with Crippen LogP contribution in [-0.4, -0.2) is 11.1 Å². The third-order valence-electron chi connectivity index (χ3n) is 2.63. The van der Waals surface area contributed by atoms with E-state index in [1.165, 1.54) is 18.3 Å². The number of benzene rings is 2. The minimum Gasteiger partial charge on any atom is -0.391 e. The first-order valence-corrected chi connectivity index (χ1v) is 6.66. The van der Waals surface area contributed by atoms with Crippen molar-refractivity contribution in [2.24, 2.45) is 5.16 Å². The van der Waals surface area contributed by atoms with Crippen LogP contribution in [0.25, 0.3) is 0 Å². The SMILES string of the molecule is O=[N+]([O-])c1cccc(C=NOCc2c(Cl)cccc2Cl)c1. The fourth-order valence-corrected chi connectivity index (χ4v) is 2.10. The minimum absolute atomic E-state index is 0.00639. The van der Waals surface area contributed by atoms with E-state index in [0.29, 0.717) is 21.2 Å². The van der Waals surface area contributed by atoms with Gasteiger partial charge in [0.1, 0.15) is 6.61 Å². The van der Waals surface area contributed by atoms with E-state index in [-0.39, 0.29) is 12.3 Å². The summed E-state index contributed by atoms with van der Waals surface area (Å²) in [6.07, 6.45) is 1.39. The maximum absolute atomic E-state index is 10.6. The van der Waals surface area contributed by atoms with Crippen LogP contribution in [0.1, 0.15) is 11.1 Å². The monoisotopic (exact) mass is 324 g/mol. The highest BCUT2D eigenvalue weighted by Crippen LogP contribution is 2.24. The van der Waals surface area contributed by atoms with E-state index in [9.17, 15) is 10.1 Å². The smallest absolute Gasteiger partial charge is 0.270 e. The highest BCUT2D eigenvalue weighted by Gasteiger charge is 2.06. The maximum Gasteiger partial charge on any atom is 0.270 e. The molecule has 5 nitrogen and oxygen atoms in total. The number of hydrogen-bond acceptors (Lipinski definition) is 4. The van der Waals surface area contributed by atoms with E-state index in [4.69, 9.17) is 28.0 Å². The predicted octanol–water partition coefficient (Wildman–Crippen LogP) is 4.45. The van der Waals surface area contributed by atoms with E-state index < -0.39 is 4.92 Å². The molecule has 108 valence electrons. The van der Waals surface area contributed by atoms with Gasteiger partial charge in [0.15, 0.2) is 0 Å². The van der Waals surface area contributed by atoms with E-state index >= 15 is 0 Å². The number of oxime groups is 1. The summed E-state index contributed by atoms with van der Waals surface area (Å²) in [6.45, 7) is 0.115. The second kappa shape index (κ2) is 7.06. The molecule has 0 aliphatic rings. The van der Waals surface area contributed by atoms with Gasteiger partial charge in [0, 0.05) is 33.3 Å². The zero-order valence-electron chi connectivity index (χ0n) is 10.7. The Morgan fingerprint density at radius 3 is 2.52 bits per heavy atom. The predicted molar refractivity (Wildman–Crippen MR) is 81.9 cm³/mol. The van der Waals surface area contributed by atoms with Gasteiger partial charge in [-0.1, -0.05) is 46.6 Å². The number of nitrogens with zero attached hydrogens (tertiary/aromatic N) is 2. The van der Waals surface area contributed by atoms with Gasteiger partial charge in [-0.2, -0.15) is 0 Å². The number of rotatable bonds is 5. The molecule has 0 fully saturated rings. The van der Waals surface area contributed by atoms with E-state index in [1.807, 2.05) is 0 Å². The Bertz CT molecular complexity index is 669. The Balaban J connectivity index is 2.00. The van der Waals surface area contributed by atoms with Gasteiger partial charge in [0.05, 0.1) is 11.1 Å². The number of nitro groups is 1. The Labute approximate surface area is 130 Å². The highest BCUT2D eigenvalue weighted by molar-refractivity contribution is 6.35. The first-order valence-electron chi connectivity index (χ1n) is 5.90. The van der Waals surface area contributed by atoms with Crippen LogP contribution in [0, 0.1) is 10.1 Å². The standard InChI is InChI=1S/C14H10Cl2N2O3/c15-13-5-2-6-14(16)12(13)9-21-17-8-10-3-1-4-11(7-10)18(19)20/h1-8H,9H2. The molecule has 0 saturated carbocycles. The lowest BCUT2D eigenvalue weighted by atomic mass is 10.2. The number of halogens is 2. The fraction of sp³-hybridized carbons (Fsp3) is 0.0714. The molecule has 0 heterocycles. The lowest BCUT2D eigenvalue weighted by Gasteiger charge is -2.04. The topological polar surface area (TPSA) is 64.7 Å². The lowest BCUT2D eigenvalue weighted by Crippen LogP contribution is -1.92. The maximum atomic E-state index is 10.6. The van der Waals surface area contributed by atoms with Gasteiger partial charge >= 0.3 is 0 Å². The molecule has 0 N–H and O–H groups in total. The normalized spacial score (nSPS) is 10.8. The van der Waals surface area contributed by atoms with Crippen LogP contribution in [0.3, 0.4) is 0 Å². The largest absolute Gasteiger partial charge is 0.391 e. The molecule has 21 heavy (non-hydrogen) atoms. The quantitative estimate of drug-likeness (QED) is 0.463. The second-order valence-electron chi connectivity index (χ2n) is 4.06. The lowest BCUT2D eigenvalue weighted by molar-refractivity contribution is -0.384. The van der Waals surface area contributed by atoms with Gasteiger partial charge < -0.3 is 4.84 Å². The summed E-state index contributed by atoms with van der Waals surface area (Å²) in [7, 11) is 0. The molecule has 7 heteroatoms. The van der Waals surface area contributed by atoms with Crippen LogP contribution in [0.15, 0.2) is 47.6 Å². The molecule has 0 bridgehead atoms. The highest BCUT2D eigenvalue weighted by atomic mass is 35.5. The van der Waals surface area contributed by atoms with Gasteiger partial charge in [0.25, 0.3) is 5.69 Å². The van der Waals surface area contributed by atoms with Gasteiger partial charge in [0.2, 0.25) is 0 Å². The average molecular weight is 325 g/mol. The second-order valence-corrected chi connectivity index (χ2v) is 4.87. The van der Waals surface area contributed by atoms with Crippen LogP contribution in [0.2, 0.25) is 10.0 Å². The Morgan fingerprint density at radius 1 is 1.19 bits per heavy atom. The molecule has 2 rings (SSSR count). The van der Waals surface area contributed by atoms with Crippen molar-refractivity contribution >= 4 is 35.1 Å². The Hall–Kier alpha value is -2.11. The first-order chi connectivity index (χ1) is 10.1. The summed E-state index contributed by atoms with van der Waals surface area (Å²) in [5.74, 6) is 0. The average Bonchev–Trinajstić information content (AvgIpc) is 2.46. The van der Waals surface area contributed by atoms with Gasteiger partial charge in [-0.15, -0.1) is 0 Å². The summed E-state index contributed by atoms with van der Waals surface area (Å²) in [5, 5.41) is 15.4. The van der Waals surface area contributed by atoms with Crippen LogP contribution in [-0.2, 0) is 11.4 Å². The minimum atomic E-state index is -0.471. The number of hydrogen-bond donors (Lipinski definition) is 0. The van der Waals surface area contributed by atoms with Crippen molar-refractivity contribution in [3.8, 4) is 0 Å². The van der Waals surface area contributed by atoms with Crippen LogP contribution < -0.4 is 0 Å². The van der Waals surface area contributed by atoms with E-state index in [1.54, 1.807) is 30.3 Å². The molecule has 0 aromatic heterocycles. The molecule has 0 saturated heterocycles. The van der Waals surface area contributed by atoms with Crippen molar-refractivity contribution in [3.05, 3.63) is 73.8 Å². The summed E-state index contributed by atoms with van der Waals surface area (Å²) in [4.78, 5) is 15.3. The zero-order chi connectivity index (χ0) is 15.2. The molecular formula is C14H10Cl2N2O3. The number of nitro benzene ring substituents is 1. The molecule has 2 aromatic carbocycles. The van der Waals surface area contributed by atoms with Crippen LogP contribution in [0.5, 0.6) is 0 Å². The van der Waals surface area contributed by atoms with Crippen LogP contribution in [0.4, 0.5) is 5.69 Å². The van der Waals surface area contributed by atoms with E-state index in [2.05, 4.69) is 5.16 Å². The zero-order valence-corrected chi connectivity index (χ0v) is 12.2. The molecule has 0 spiro atoms. The summed E-state index contributed by atoms with van der Waals surface area (Å²) < 4.78 is 0. The molecular weight excluding hydrogens is 315 g/mol. The van der Waals surface area contributed by atoms with Crippen molar-refractivity contribution in [2.75, 3.05) is 0 Å². The van der Waals surface area contributed by atoms with E-state index in [0.717, 1.165) is 0 Å². The molecule has 0 aliphatic carbocycles. The third-order valence-corrected chi connectivity index (χ3v) is 3.34. The fourth-order valence-electron chi connectivity index (χ4n) is 1.59. The first kappa shape index (κ1) is 15.3. The van der Waals surface area contributed by atoms with Gasteiger partial charge in [-0.3, -0.25) is 10.1 Å². The molecule has 0 atom stereocenters. The van der Waals surface area contributed by atoms with Crippen molar-refractivity contribution < 1.29 is 9.76 Å². The summed E-state index contributed by atoms with van der Waals surface area (Å²) >= 11 is 12.0. The van der Waals surface area contributed by atoms with Crippen molar-refractivity contribution in [1.29, 1.82) is 0 Å². The molecule has 0 unspecified atom stereocenters. The van der Waals surface area contributed by atoms with Crippen molar-refractivity contribution in [2.45, 2.75) is 6.61 Å². The summed E-state index contributed by atoms with van der Waals surface area (Å²) in [5.41, 5.74) is 1.19. The third kappa shape index (κ3) is 4.18. The Kier molecular flexibility index (Phi) is 5.14. The summed E-state index contributed by atoms with van der Waals surface area (Å²) in [6, 6.07) is 11.2. The van der Waals surface area contributed by atoms with Crippen molar-refractivity contribution in [1.82, 2.24) is 0 Å². The molecule has 0 radical (unpaired) electrons. The molecule has 0 aliphatic heterocycles. The van der Waals surface area contributed by atoms with Gasteiger partial charge in [-0.25, -0.2) is 0 Å². The Morgan fingerprint density at radius 2 is 1.86 bits per heavy atom. The number of non-ortho nitro benzene ring substituents is 1. The van der Waals surface area contributed by atoms with Gasteiger partial charge in [-0.05, 0) is 12.1 Å². The van der Waals surface area contributed by atoms with Crippen LogP contribution >= 0.6 is 23.2 Å². The molecule has 2 aromatic rings.